The van der Waals surface area contributed by atoms with Gasteiger partial charge in [0.1, 0.15) is 17.5 Å². The molecule has 0 aliphatic carbocycles. The van der Waals surface area contributed by atoms with Gasteiger partial charge in [0.05, 0.1) is 4.92 Å². The van der Waals surface area contributed by atoms with E-state index >= 15 is 0 Å². The van der Waals surface area contributed by atoms with E-state index in [4.69, 9.17) is 0 Å². The molecule has 8 heteroatoms. The third kappa shape index (κ3) is 3.09. The van der Waals surface area contributed by atoms with Crippen molar-refractivity contribution < 1.29 is 23.6 Å². The number of carboxylic acids is 1. The van der Waals surface area contributed by atoms with Gasteiger partial charge < -0.3 is 10.0 Å². The number of anilines is 1. The molecule has 1 aliphatic heterocycles. The third-order valence-corrected chi connectivity index (χ3v) is 3.54. The van der Waals surface area contributed by atoms with Gasteiger partial charge >= 0.3 is 11.7 Å². The Morgan fingerprint density at radius 2 is 2.05 bits per heavy atom. The van der Waals surface area contributed by atoms with Crippen LogP contribution in [0.2, 0.25) is 0 Å². The van der Waals surface area contributed by atoms with Crippen LogP contribution >= 0.6 is 0 Å². The fraction of sp³-hybridized carbons (Fsp3) is 0.462. The van der Waals surface area contributed by atoms with Crippen molar-refractivity contribution in [1.82, 2.24) is 0 Å². The molecule has 1 aliphatic rings. The number of hydrogen-bond acceptors (Lipinski definition) is 4. The van der Waals surface area contributed by atoms with E-state index in [2.05, 4.69) is 0 Å². The maximum atomic E-state index is 13.7. The standard InChI is InChI=1S/C13H14F2N2O4/c14-8-6-9(15)12(17(20)21)11(7-8)16-5-3-1-2-4-10(16)13(18)19/h6-7,10H,1-5H2,(H,18,19). The van der Waals surface area contributed by atoms with E-state index in [-0.39, 0.29) is 18.7 Å². The molecule has 0 spiro atoms. The van der Waals surface area contributed by atoms with Gasteiger partial charge in [-0.3, -0.25) is 10.1 Å². The van der Waals surface area contributed by atoms with Crippen LogP contribution in [0.5, 0.6) is 0 Å². The molecular formula is C13H14F2N2O4. The number of nitro groups is 1. The average Bonchev–Trinajstić information content (AvgIpc) is 2.62. The van der Waals surface area contributed by atoms with E-state index in [1.54, 1.807) is 0 Å². The number of benzene rings is 1. The Morgan fingerprint density at radius 1 is 1.33 bits per heavy atom. The highest BCUT2D eigenvalue weighted by Crippen LogP contribution is 2.35. The van der Waals surface area contributed by atoms with Crippen LogP contribution in [0.4, 0.5) is 20.2 Å². The SMILES string of the molecule is O=C(O)C1CCCCCN1c1cc(F)cc(F)c1[N+](=O)[O-]. The van der Waals surface area contributed by atoms with E-state index in [1.807, 2.05) is 0 Å². The normalized spacial score (nSPS) is 19.1. The zero-order valence-electron chi connectivity index (χ0n) is 11.1. The first-order valence-electron chi connectivity index (χ1n) is 6.54. The minimum atomic E-state index is -1.30. The number of nitrogens with zero attached hydrogens (tertiary/aromatic N) is 2. The highest BCUT2D eigenvalue weighted by Gasteiger charge is 2.33. The zero-order valence-corrected chi connectivity index (χ0v) is 11.1. The summed E-state index contributed by atoms with van der Waals surface area (Å²) < 4.78 is 27.1. The number of rotatable bonds is 3. The largest absolute Gasteiger partial charge is 0.480 e. The number of carboxylic acid groups (broad SMARTS) is 1. The predicted octanol–water partition coefficient (Wildman–Crippen LogP) is 2.71. The summed E-state index contributed by atoms with van der Waals surface area (Å²) in [6, 6.07) is 0.227. The van der Waals surface area contributed by atoms with Crippen molar-refractivity contribution in [2.24, 2.45) is 0 Å². The molecule has 0 bridgehead atoms. The Kier molecular flexibility index (Phi) is 4.35. The van der Waals surface area contributed by atoms with E-state index in [0.29, 0.717) is 18.9 Å². The Bertz CT molecular complexity index is 580. The number of nitro benzene ring substituents is 1. The summed E-state index contributed by atoms with van der Waals surface area (Å²) in [5.41, 5.74) is -1.20. The molecule has 2 rings (SSSR count). The van der Waals surface area contributed by atoms with Gasteiger partial charge in [0.15, 0.2) is 0 Å². The molecule has 1 heterocycles. The lowest BCUT2D eigenvalue weighted by Gasteiger charge is -2.28. The summed E-state index contributed by atoms with van der Waals surface area (Å²) in [4.78, 5) is 22.6. The van der Waals surface area contributed by atoms with E-state index < -0.39 is 34.3 Å². The first-order chi connectivity index (χ1) is 9.91. The average molecular weight is 300 g/mol. The number of halogens is 2. The Labute approximate surface area is 119 Å². The van der Waals surface area contributed by atoms with Gasteiger partial charge in [-0.05, 0) is 12.8 Å². The van der Waals surface area contributed by atoms with Gasteiger partial charge in [0, 0.05) is 18.7 Å². The van der Waals surface area contributed by atoms with Crippen molar-refractivity contribution >= 4 is 17.3 Å². The summed E-state index contributed by atoms with van der Waals surface area (Å²) in [7, 11) is 0. The van der Waals surface area contributed by atoms with Gasteiger partial charge in [-0.15, -0.1) is 0 Å². The second kappa shape index (κ2) is 6.02. The van der Waals surface area contributed by atoms with E-state index in [0.717, 1.165) is 12.5 Å². The van der Waals surface area contributed by atoms with Crippen LogP contribution in [-0.4, -0.2) is 28.6 Å². The lowest BCUT2D eigenvalue weighted by molar-refractivity contribution is -0.386. The van der Waals surface area contributed by atoms with Crippen LogP contribution in [0, 0.1) is 21.7 Å². The lowest BCUT2D eigenvalue weighted by Crippen LogP contribution is -2.41. The van der Waals surface area contributed by atoms with Gasteiger partial charge in [-0.25, -0.2) is 9.18 Å². The first kappa shape index (κ1) is 15.1. The molecule has 1 saturated heterocycles. The van der Waals surface area contributed by atoms with Crippen LogP contribution in [-0.2, 0) is 4.79 Å². The summed E-state index contributed by atoms with van der Waals surface area (Å²) in [5, 5.41) is 20.3. The molecule has 21 heavy (non-hydrogen) atoms. The minimum Gasteiger partial charge on any atom is -0.480 e. The van der Waals surface area contributed by atoms with Gasteiger partial charge in [0.25, 0.3) is 0 Å². The van der Waals surface area contributed by atoms with E-state index in [1.165, 1.54) is 4.90 Å². The second-order valence-electron chi connectivity index (χ2n) is 4.91. The molecule has 0 aromatic heterocycles. The molecule has 114 valence electrons. The summed E-state index contributed by atoms with van der Waals surface area (Å²) in [6.45, 7) is 0.209. The van der Waals surface area contributed by atoms with Crippen LogP contribution in [0.25, 0.3) is 0 Å². The molecule has 0 saturated carbocycles. The third-order valence-electron chi connectivity index (χ3n) is 3.54. The Morgan fingerprint density at radius 3 is 2.67 bits per heavy atom. The predicted molar refractivity (Wildman–Crippen MR) is 70.3 cm³/mol. The van der Waals surface area contributed by atoms with Crippen molar-refractivity contribution in [1.29, 1.82) is 0 Å². The highest BCUT2D eigenvalue weighted by molar-refractivity contribution is 5.80. The molecule has 1 N–H and O–H groups in total. The highest BCUT2D eigenvalue weighted by atomic mass is 19.1. The number of aliphatic carboxylic acids is 1. The number of hydrogen-bond donors (Lipinski definition) is 1. The van der Waals surface area contributed by atoms with Crippen LogP contribution < -0.4 is 4.90 Å². The molecule has 1 atom stereocenters. The molecule has 0 amide bonds. The molecule has 0 radical (unpaired) electrons. The minimum absolute atomic E-state index is 0.209. The van der Waals surface area contributed by atoms with Crippen molar-refractivity contribution in [3.8, 4) is 0 Å². The van der Waals surface area contributed by atoms with Crippen LogP contribution in [0.15, 0.2) is 12.1 Å². The molecule has 1 fully saturated rings. The quantitative estimate of drug-likeness (QED) is 0.685. The van der Waals surface area contributed by atoms with Crippen LogP contribution in [0.3, 0.4) is 0 Å². The van der Waals surface area contributed by atoms with Crippen molar-refractivity contribution in [2.75, 3.05) is 11.4 Å². The number of carbonyl (C=O) groups is 1. The molecule has 6 nitrogen and oxygen atoms in total. The summed E-state index contributed by atoms with van der Waals surface area (Å²) in [6.07, 6.45) is 2.31. The summed E-state index contributed by atoms with van der Waals surface area (Å²) in [5.74, 6) is -3.43. The molecule has 1 aromatic rings. The fourth-order valence-electron chi connectivity index (χ4n) is 2.61. The molecular weight excluding hydrogens is 286 g/mol. The first-order valence-corrected chi connectivity index (χ1v) is 6.54. The second-order valence-corrected chi connectivity index (χ2v) is 4.91. The van der Waals surface area contributed by atoms with Crippen LogP contribution in [0.1, 0.15) is 25.7 Å². The molecule has 1 aromatic carbocycles. The molecule has 1 unspecified atom stereocenters. The van der Waals surface area contributed by atoms with Gasteiger partial charge in [-0.1, -0.05) is 12.8 Å². The topological polar surface area (TPSA) is 83.7 Å². The van der Waals surface area contributed by atoms with Gasteiger partial charge in [0.2, 0.25) is 5.82 Å². The Hall–Kier alpha value is -2.25. The van der Waals surface area contributed by atoms with Crippen molar-refractivity contribution in [3.63, 3.8) is 0 Å². The Balaban J connectivity index is 2.56. The maximum absolute atomic E-state index is 13.7. The zero-order chi connectivity index (χ0) is 15.6. The van der Waals surface area contributed by atoms with Crippen molar-refractivity contribution in [3.05, 3.63) is 33.9 Å². The van der Waals surface area contributed by atoms with E-state index in [9.17, 15) is 28.8 Å². The van der Waals surface area contributed by atoms with Crippen molar-refractivity contribution in [2.45, 2.75) is 31.7 Å². The smallest absolute Gasteiger partial charge is 0.328 e. The lowest BCUT2D eigenvalue weighted by atomic mass is 10.1. The fourth-order valence-corrected chi connectivity index (χ4v) is 2.61. The maximum Gasteiger partial charge on any atom is 0.328 e. The van der Waals surface area contributed by atoms with Gasteiger partial charge in [-0.2, -0.15) is 4.39 Å². The summed E-state index contributed by atoms with van der Waals surface area (Å²) >= 11 is 0. The monoisotopic (exact) mass is 300 g/mol.